The standard InChI is InChI=1S/C20H25N3O4/c21-17(11-14-5-2-1-3-6-14)20(25)26-13-16-8-9-18(27-16)23-10-4-7-15(12-23)19(22)24/h1-6,10,12,16-18H,7-9,11,13,21H2,(H2,22,24). The number of ether oxygens (including phenoxy) is 2. The van der Waals surface area contributed by atoms with Crippen LogP contribution in [0.1, 0.15) is 24.8 Å². The van der Waals surface area contributed by atoms with Crippen LogP contribution in [0.2, 0.25) is 0 Å². The predicted octanol–water partition coefficient (Wildman–Crippen LogP) is 1.19. The topological polar surface area (TPSA) is 108 Å². The largest absolute Gasteiger partial charge is 0.462 e. The van der Waals surface area contributed by atoms with Gasteiger partial charge in [0.15, 0.2) is 0 Å². The van der Waals surface area contributed by atoms with Crippen LogP contribution in [-0.2, 0) is 25.5 Å². The van der Waals surface area contributed by atoms with E-state index in [1.165, 1.54) is 0 Å². The second-order valence-corrected chi connectivity index (χ2v) is 6.77. The van der Waals surface area contributed by atoms with Crippen LogP contribution in [0.3, 0.4) is 0 Å². The van der Waals surface area contributed by atoms with Gasteiger partial charge >= 0.3 is 5.97 Å². The predicted molar refractivity (Wildman–Crippen MR) is 99.8 cm³/mol. The lowest BCUT2D eigenvalue weighted by Crippen LogP contribution is -2.36. The number of nitrogens with two attached hydrogens (primary N) is 2. The van der Waals surface area contributed by atoms with E-state index >= 15 is 0 Å². The van der Waals surface area contributed by atoms with Crippen molar-refractivity contribution in [3.63, 3.8) is 0 Å². The molecule has 1 amide bonds. The van der Waals surface area contributed by atoms with Crippen LogP contribution < -0.4 is 11.5 Å². The van der Waals surface area contributed by atoms with E-state index in [1.807, 2.05) is 47.5 Å². The fraction of sp³-hybridized carbons (Fsp3) is 0.400. The fourth-order valence-corrected chi connectivity index (χ4v) is 3.18. The van der Waals surface area contributed by atoms with Gasteiger partial charge in [0.1, 0.15) is 18.9 Å². The summed E-state index contributed by atoms with van der Waals surface area (Å²) in [4.78, 5) is 25.3. The first kappa shape index (κ1) is 19.1. The molecule has 144 valence electrons. The minimum atomic E-state index is -0.698. The third kappa shape index (κ3) is 5.18. The molecule has 3 rings (SSSR count). The Morgan fingerprint density at radius 1 is 1.26 bits per heavy atom. The summed E-state index contributed by atoms with van der Waals surface area (Å²) in [7, 11) is 0. The number of nitrogens with zero attached hydrogens (tertiary/aromatic N) is 1. The Morgan fingerprint density at radius 2 is 2.04 bits per heavy atom. The van der Waals surface area contributed by atoms with Gasteiger partial charge in [-0.05, 0) is 31.2 Å². The van der Waals surface area contributed by atoms with Crippen LogP contribution >= 0.6 is 0 Å². The van der Waals surface area contributed by atoms with Gasteiger partial charge in [-0.25, -0.2) is 0 Å². The summed E-state index contributed by atoms with van der Waals surface area (Å²) in [6.45, 7) is 0.168. The van der Waals surface area contributed by atoms with E-state index in [-0.39, 0.29) is 18.9 Å². The molecule has 4 N–H and O–H groups in total. The molecule has 0 saturated carbocycles. The average molecular weight is 371 g/mol. The molecule has 0 bridgehead atoms. The molecule has 0 aliphatic carbocycles. The van der Waals surface area contributed by atoms with Crippen molar-refractivity contribution in [1.29, 1.82) is 0 Å². The highest BCUT2D eigenvalue weighted by atomic mass is 16.6. The summed E-state index contributed by atoms with van der Waals surface area (Å²) in [5.41, 5.74) is 12.8. The number of carbonyl (C=O) groups excluding carboxylic acids is 2. The molecular weight excluding hydrogens is 346 g/mol. The maximum absolute atomic E-state index is 12.1. The van der Waals surface area contributed by atoms with E-state index < -0.39 is 17.9 Å². The molecule has 0 radical (unpaired) electrons. The monoisotopic (exact) mass is 371 g/mol. The molecular formula is C20H25N3O4. The highest BCUT2D eigenvalue weighted by Crippen LogP contribution is 2.26. The molecule has 3 atom stereocenters. The zero-order valence-corrected chi connectivity index (χ0v) is 15.1. The lowest BCUT2D eigenvalue weighted by atomic mass is 10.1. The summed E-state index contributed by atoms with van der Waals surface area (Å²) in [6, 6.07) is 8.89. The normalized spacial score (nSPS) is 23.0. The molecule has 1 aromatic carbocycles. The summed E-state index contributed by atoms with van der Waals surface area (Å²) in [5.74, 6) is -0.861. The van der Waals surface area contributed by atoms with Crippen molar-refractivity contribution >= 4 is 11.9 Å². The van der Waals surface area contributed by atoms with Crippen LogP contribution in [0, 0.1) is 0 Å². The molecule has 7 heteroatoms. The van der Waals surface area contributed by atoms with Crippen LogP contribution in [-0.4, -0.2) is 41.8 Å². The summed E-state index contributed by atoms with van der Waals surface area (Å²) < 4.78 is 11.3. The first-order valence-electron chi connectivity index (χ1n) is 9.09. The number of esters is 1. The van der Waals surface area contributed by atoms with Gasteiger partial charge in [-0.15, -0.1) is 0 Å². The number of rotatable bonds is 7. The third-order valence-electron chi connectivity index (χ3n) is 4.67. The van der Waals surface area contributed by atoms with Crippen LogP contribution in [0.4, 0.5) is 0 Å². The Bertz CT molecular complexity index is 732. The number of primary amides is 1. The van der Waals surface area contributed by atoms with E-state index in [0.29, 0.717) is 18.4 Å². The van der Waals surface area contributed by atoms with Gasteiger partial charge in [-0.3, -0.25) is 9.59 Å². The van der Waals surface area contributed by atoms with Crippen molar-refractivity contribution in [3.05, 3.63) is 59.9 Å². The SMILES string of the molecule is NC(=O)C1=CN(C2CCC(COC(=O)C(N)Cc3ccccc3)O2)C=CC1. The minimum absolute atomic E-state index is 0.168. The highest BCUT2D eigenvalue weighted by molar-refractivity contribution is 5.92. The molecule has 1 aromatic rings. The summed E-state index contributed by atoms with van der Waals surface area (Å²) in [6.07, 6.45) is 7.58. The lowest BCUT2D eigenvalue weighted by Gasteiger charge is -2.27. The highest BCUT2D eigenvalue weighted by Gasteiger charge is 2.30. The molecule has 2 aliphatic rings. The lowest BCUT2D eigenvalue weighted by molar-refractivity contribution is -0.150. The second-order valence-electron chi connectivity index (χ2n) is 6.77. The Morgan fingerprint density at radius 3 is 2.78 bits per heavy atom. The van der Waals surface area contributed by atoms with Gasteiger partial charge in [0.05, 0.1) is 6.10 Å². The molecule has 1 saturated heterocycles. The van der Waals surface area contributed by atoms with Crippen molar-refractivity contribution in [2.45, 2.75) is 44.1 Å². The van der Waals surface area contributed by atoms with Crippen LogP contribution in [0.5, 0.6) is 0 Å². The molecule has 0 aromatic heterocycles. The minimum Gasteiger partial charge on any atom is -0.462 e. The summed E-state index contributed by atoms with van der Waals surface area (Å²) >= 11 is 0. The van der Waals surface area contributed by atoms with E-state index in [0.717, 1.165) is 18.4 Å². The van der Waals surface area contributed by atoms with Crippen molar-refractivity contribution in [2.75, 3.05) is 6.61 Å². The summed E-state index contributed by atoms with van der Waals surface area (Å²) in [5, 5.41) is 0. The smallest absolute Gasteiger partial charge is 0.323 e. The quantitative estimate of drug-likeness (QED) is 0.697. The zero-order chi connectivity index (χ0) is 19.2. The maximum Gasteiger partial charge on any atom is 0.323 e. The van der Waals surface area contributed by atoms with E-state index in [2.05, 4.69) is 0 Å². The molecule has 2 aliphatic heterocycles. The van der Waals surface area contributed by atoms with Crippen molar-refractivity contribution in [2.24, 2.45) is 11.5 Å². The molecule has 2 heterocycles. The zero-order valence-electron chi connectivity index (χ0n) is 15.1. The Balaban J connectivity index is 1.44. The number of benzene rings is 1. The van der Waals surface area contributed by atoms with Gasteiger partial charge < -0.3 is 25.8 Å². The maximum atomic E-state index is 12.1. The Labute approximate surface area is 158 Å². The molecule has 7 nitrogen and oxygen atoms in total. The molecule has 27 heavy (non-hydrogen) atoms. The van der Waals surface area contributed by atoms with Crippen molar-refractivity contribution < 1.29 is 19.1 Å². The number of allylic oxidation sites excluding steroid dienone is 1. The number of amides is 1. The van der Waals surface area contributed by atoms with E-state index in [4.69, 9.17) is 20.9 Å². The van der Waals surface area contributed by atoms with E-state index in [1.54, 1.807) is 6.20 Å². The number of hydrogen-bond acceptors (Lipinski definition) is 6. The molecule has 0 spiro atoms. The van der Waals surface area contributed by atoms with Crippen molar-refractivity contribution in [1.82, 2.24) is 4.90 Å². The Kier molecular flexibility index (Phi) is 6.26. The first-order valence-corrected chi connectivity index (χ1v) is 9.09. The van der Waals surface area contributed by atoms with E-state index in [9.17, 15) is 9.59 Å². The molecule has 3 unspecified atom stereocenters. The average Bonchev–Trinajstić information content (AvgIpc) is 3.16. The van der Waals surface area contributed by atoms with Gasteiger partial charge in [0, 0.05) is 18.0 Å². The van der Waals surface area contributed by atoms with Gasteiger partial charge in [0.25, 0.3) is 0 Å². The number of hydrogen-bond donors (Lipinski definition) is 2. The van der Waals surface area contributed by atoms with Gasteiger partial charge in [-0.2, -0.15) is 0 Å². The second kappa shape index (κ2) is 8.83. The van der Waals surface area contributed by atoms with Gasteiger partial charge in [0.2, 0.25) is 5.91 Å². The fourth-order valence-electron chi connectivity index (χ4n) is 3.18. The van der Waals surface area contributed by atoms with Crippen LogP contribution in [0.25, 0.3) is 0 Å². The first-order chi connectivity index (χ1) is 13.0. The van der Waals surface area contributed by atoms with Crippen molar-refractivity contribution in [3.8, 4) is 0 Å². The Hall–Kier alpha value is -2.64. The van der Waals surface area contributed by atoms with Gasteiger partial charge in [-0.1, -0.05) is 36.4 Å². The third-order valence-corrected chi connectivity index (χ3v) is 4.67. The van der Waals surface area contributed by atoms with Crippen LogP contribution in [0.15, 0.2) is 54.4 Å². The molecule has 1 fully saturated rings. The number of carbonyl (C=O) groups is 2.